The number of imidazole rings is 1. The SMILES string of the molecule is Cc1nc(SCC(=O)N(C)Cc2cnn(-c3ccccc3)c2)n(C2CCCCC2)c1C. The Morgan fingerprint density at radius 3 is 2.65 bits per heavy atom. The Morgan fingerprint density at radius 1 is 1.16 bits per heavy atom. The molecule has 0 atom stereocenters. The van der Waals surface area contributed by atoms with Crippen LogP contribution in [0.4, 0.5) is 0 Å². The molecule has 3 aromatic rings. The number of benzene rings is 1. The molecule has 0 saturated heterocycles. The van der Waals surface area contributed by atoms with Crippen LogP contribution in [0.25, 0.3) is 5.69 Å². The van der Waals surface area contributed by atoms with Crippen molar-refractivity contribution in [1.82, 2.24) is 24.2 Å². The zero-order chi connectivity index (χ0) is 21.8. The summed E-state index contributed by atoms with van der Waals surface area (Å²) in [6.07, 6.45) is 10.1. The van der Waals surface area contributed by atoms with Crippen molar-refractivity contribution < 1.29 is 4.79 Å². The molecule has 1 saturated carbocycles. The highest BCUT2D eigenvalue weighted by atomic mass is 32.2. The quantitative estimate of drug-likeness (QED) is 0.491. The number of carbonyl (C=O) groups excluding carboxylic acids is 1. The lowest BCUT2D eigenvalue weighted by Crippen LogP contribution is -2.28. The molecule has 0 bridgehead atoms. The summed E-state index contributed by atoms with van der Waals surface area (Å²) in [5, 5.41) is 5.41. The van der Waals surface area contributed by atoms with Crippen LogP contribution in [-0.4, -0.2) is 42.9 Å². The normalized spacial score (nSPS) is 14.7. The van der Waals surface area contributed by atoms with Crippen molar-refractivity contribution in [3.05, 3.63) is 59.7 Å². The fraction of sp³-hybridized carbons (Fsp3) is 0.458. The Morgan fingerprint density at radius 2 is 1.90 bits per heavy atom. The first-order valence-electron chi connectivity index (χ1n) is 11.0. The second-order valence-electron chi connectivity index (χ2n) is 8.39. The van der Waals surface area contributed by atoms with Crippen LogP contribution in [0.5, 0.6) is 0 Å². The van der Waals surface area contributed by atoms with Gasteiger partial charge in [0.2, 0.25) is 5.91 Å². The van der Waals surface area contributed by atoms with E-state index in [1.807, 2.05) is 54.5 Å². The first-order valence-corrected chi connectivity index (χ1v) is 12.0. The van der Waals surface area contributed by atoms with Gasteiger partial charge in [0.05, 0.1) is 23.3 Å². The van der Waals surface area contributed by atoms with E-state index < -0.39 is 0 Å². The highest BCUT2D eigenvalue weighted by Crippen LogP contribution is 2.34. The van der Waals surface area contributed by atoms with Gasteiger partial charge in [-0.2, -0.15) is 5.10 Å². The largest absolute Gasteiger partial charge is 0.341 e. The molecule has 0 unspecified atom stereocenters. The summed E-state index contributed by atoms with van der Waals surface area (Å²) in [5.41, 5.74) is 4.34. The lowest BCUT2D eigenvalue weighted by molar-refractivity contribution is -0.127. The summed E-state index contributed by atoms with van der Waals surface area (Å²) in [7, 11) is 1.85. The van der Waals surface area contributed by atoms with E-state index in [2.05, 4.69) is 23.5 Å². The lowest BCUT2D eigenvalue weighted by Gasteiger charge is -2.26. The summed E-state index contributed by atoms with van der Waals surface area (Å²) in [4.78, 5) is 19.4. The van der Waals surface area contributed by atoms with Crippen LogP contribution in [0, 0.1) is 13.8 Å². The number of para-hydroxylation sites is 1. The minimum Gasteiger partial charge on any atom is -0.341 e. The number of aryl methyl sites for hydroxylation is 1. The highest BCUT2D eigenvalue weighted by Gasteiger charge is 2.23. The van der Waals surface area contributed by atoms with Gasteiger partial charge in [-0.3, -0.25) is 4.79 Å². The molecule has 31 heavy (non-hydrogen) atoms. The van der Waals surface area contributed by atoms with Gasteiger partial charge in [0.15, 0.2) is 5.16 Å². The molecule has 164 valence electrons. The minimum absolute atomic E-state index is 0.103. The van der Waals surface area contributed by atoms with Crippen molar-refractivity contribution in [2.45, 2.75) is 63.7 Å². The third-order valence-corrected chi connectivity index (χ3v) is 7.06. The van der Waals surface area contributed by atoms with Gasteiger partial charge in [-0.1, -0.05) is 49.2 Å². The number of hydrogen-bond acceptors (Lipinski definition) is 4. The van der Waals surface area contributed by atoms with Crippen LogP contribution in [0.2, 0.25) is 0 Å². The van der Waals surface area contributed by atoms with Crippen LogP contribution >= 0.6 is 11.8 Å². The molecular formula is C24H31N5OS. The molecule has 0 spiro atoms. The lowest BCUT2D eigenvalue weighted by atomic mass is 9.95. The van der Waals surface area contributed by atoms with E-state index in [1.165, 1.54) is 37.8 Å². The van der Waals surface area contributed by atoms with E-state index in [4.69, 9.17) is 4.98 Å². The average Bonchev–Trinajstić information content (AvgIpc) is 3.37. The van der Waals surface area contributed by atoms with Crippen LogP contribution in [0.3, 0.4) is 0 Å². The maximum absolute atomic E-state index is 12.8. The summed E-state index contributed by atoms with van der Waals surface area (Å²) in [6.45, 7) is 4.76. The van der Waals surface area contributed by atoms with E-state index in [9.17, 15) is 4.79 Å². The molecule has 1 aliphatic carbocycles. The Labute approximate surface area is 188 Å². The predicted octanol–water partition coefficient (Wildman–Crippen LogP) is 4.94. The maximum atomic E-state index is 12.8. The Bertz CT molecular complexity index is 1020. The van der Waals surface area contributed by atoms with Gasteiger partial charge < -0.3 is 9.47 Å². The zero-order valence-corrected chi connectivity index (χ0v) is 19.4. The van der Waals surface area contributed by atoms with Crippen molar-refractivity contribution in [1.29, 1.82) is 0 Å². The second kappa shape index (κ2) is 9.73. The van der Waals surface area contributed by atoms with Crippen LogP contribution < -0.4 is 0 Å². The molecule has 0 radical (unpaired) electrons. The molecule has 7 heteroatoms. The first-order chi connectivity index (χ1) is 15.0. The highest BCUT2D eigenvalue weighted by molar-refractivity contribution is 7.99. The molecule has 0 N–H and O–H groups in total. The van der Waals surface area contributed by atoms with Crippen molar-refractivity contribution in [3.8, 4) is 5.69 Å². The summed E-state index contributed by atoms with van der Waals surface area (Å²) < 4.78 is 4.23. The molecule has 4 rings (SSSR count). The van der Waals surface area contributed by atoms with Crippen molar-refractivity contribution in [2.75, 3.05) is 12.8 Å². The molecule has 1 aliphatic rings. The smallest absolute Gasteiger partial charge is 0.233 e. The molecular weight excluding hydrogens is 406 g/mol. The zero-order valence-electron chi connectivity index (χ0n) is 18.6. The molecule has 1 amide bonds. The summed E-state index contributed by atoms with van der Waals surface area (Å²) >= 11 is 1.56. The fourth-order valence-electron chi connectivity index (χ4n) is 4.23. The predicted molar refractivity (Wildman–Crippen MR) is 125 cm³/mol. The monoisotopic (exact) mass is 437 g/mol. The third kappa shape index (κ3) is 5.03. The molecule has 1 fully saturated rings. The van der Waals surface area contributed by atoms with Gasteiger partial charge in [-0.05, 0) is 38.8 Å². The van der Waals surface area contributed by atoms with Crippen LogP contribution in [0.15, 0.2) is 47.9 Å². The molecule has 1 aromatic carbocycles. The van der Waals surface area contributed by atoms with Crippen molar-refractivity contribution in [3.63, 3.8) is 0 Å². The Balaban J connectivity index is 1.37. The van der Waals surface area contributed by atoms with Crippen LogP contribution in [0.1, 0.15) is 55.1 Å². The molecule has 0 aliphatic heterocycles. The molecule has 2 heterocycles. The van der Waals surface area contributed by atoms with Gasteiger partial charge >= 0.3 is 0 Å². The van der Waals surface area contributed by atoms with Gasteiger partial charge in [0.1, 0.15) is 0 Å². The van der Waals surface area contributed by atoms with E-state index in [-0.39, 0.29) is 5.91 Å². The number of hydrogen-bond donors (Lipinski definition) is 0. The maximum Gasteiger partial charge on any atom is 0.233 e. The second-order valence-corrected chi connectivity index (χ2v) is 9.34. The van der Waals surface area contributed by atoms with E-state index in [0.29, 0.717) is 18.3 Å². The standard InChI is InChI=1S/C24H31N5OS/c1-18-19(2)29(22-12-8-5-9-13-22)24(26-18)31-17-23(30)27(3)15-20-14-25-28(16-20)21-10-6-4-7-11-21/h4,6-7,10-11,14,16,22H,5,8-9,12-13,15,17H2,1-3H3. The minimum atomic E-state index is 0.103. The molecule has 6 nitrogen and oxygen atoms in total. The Kier molecular flexibility index (Phi) is 6.80. The van der Waals surface area contributed by atoms with Gasteiger partial charge in [-0.25, -0.2) is 9.67 Å². The van der Waals surface area contributed by atoms with Crippen molar-refractivity contribution >= 4 is 17.7 Å². The number of amides is 1. The van der Waals surface area contributed by atoms with Gasteiger partial charge in [0.25, 0.3) is 0 Å². The first kappa shape index (κ1) is 21.7. The van der Waals surface area contributed by atoms with E-state index >= 15 is 0 Å². The van der Waals surface area contributed by atoms with E-state index in [1.54, 1.807) is 16.7 Å². The number of aromatic nitrogens is 4. The van der Waals surface area contributed by atoms with Crippen LogP contribution in [-0.2, 0) is 11.3 Å². The van der Waals surface area contributed by atoms with Gasteiger partial charge in [-0.15, -0.1) is 0 Å². The average molecular weight is 438 g/mol. The Hall–Kier alpha value is -2.54. The number of thioether (sulfide) groups is 1. The molecule has 2 aromatic heterocycles. The van der Waals surface area contributed by atoms with E-state index in [0.717, 1.165) is 22.1 Å². The number of nitrogens with zero attached hydrogens (tertiary/aromatic N) is 5. The third-order valence-electron chi connectivity index (χ3n) is 6.12. The topological polar surface area (TPSA) is 56.0 Å². The summed E-state index contributed by atoms with van der Waals surface area (Å²) in [5.74, 6) is 0.498. The van der Waals surface area contributed by atoms with Gasteiger partial charge in [0, 0.05) is 37.1 Å². The number of carbonyl (C=O) groups is 1. The van der Waals surface area contributed by atoms with Crippen molar-refractivity contribution in [2.24, 2.45) is 0 Å². The number of rotatable bonds is 7. The summed E-state index contributed by atoms with van der Waals surface area (Å²) in [6, 6.07) is 10.5. The fourth-order valence-corrected chi connectivity index (χ4v) is 5.33.